The van der Waals surface area contributed by atoms with Gasteiger partial charge in [-0.25, -0.2) is 4.98 Å². The summed E-state index contributed by atoms with van der Waals surface area (Å²) in [5.74, 6) is 1.86. The molecular weight excluding hydrogens is 238 g/mol. The monoisotopic (exact) mass is 257 g/mol. The highest BCUT2D eigenvalue weighted by molar-refractivity contribution is 5.81. The van der Waals surface area contributed by atoms with Gasteiger partial charge in [0.05, 0.1) is 11.0 Å². The summed E-state index contributed by atoms with van der Waals surface area (Å²) in [6, 6.07) is 6.11. The molecule has 1 aliphatic carbocycles. The summed E-state index contributed by atoms with van der Waals surface area (Å²) < 4.78 is 0. The Labute approximate surface area is 112 Å². The molecule has 0 unspecified atom stereocenters. The number of fused-ring (bicyclic) bond motifs is 1. The number of nitrogens with zero attached hydrogens (tertiary/aromatic N) is 1. The third kappa shape index (κ3) is 2.62. The van der Waals surface area contributed by atoms with Crippen LogP contribution in [0.25, 0.3) is 11.0 Å². The molecule has 1 amide bonds. The smallest absolute Gasteiger partial charge is 0.223 e. The van der Waals surface area contributed by atoms with E-state index < -0.39 is 0 Å². The quantitative estimate of drug-likeness (QED) is 0.884. The van der Waals surface area contributed by atoms with Crippen LogP contribution < -0.4 is 5.32 Å². The molecule has 0 saturated heterocycles. The normalized spacial score (nSPS) is 15.1. The molecule has 1 fully saturated rings. The molecule has 0 bridgehead atoms. The number of amides is 1. The summed E-state index contributed by atoms with van der Waals surface area (Å²) in [5.41, 5.74) is 3.14. The van der Waals surface area contributed by atoms with E-state index in [-0.39, 0.29) is 11.8 Å². The first-order valence-corrected chi connectivity index (χ1v) is 6.90. The van der Waals surface area contributed by atoms with E-state index in [1.165, 1.54) is 0 Å². The van der Waals surface area contributed by atoms with Gasteiger partial charge in [0.15, 0.2) is 0 Å². The van der Waals surface area contributed by atoms with Crippen LogP contribution in [0.3, 0.4) is 0 Å². The average Bonchev–Trinajstić information content (AvgIpc) is 3.14. The Morgan fingerprint density at radius 1 is 1.47 bits per heavy atom. The summed E-state index contributed by atoms with van der Waals surface area (Å²) in [6.45, 7) is 4.84. The van der Waals surface area contributed by atoms with E-state index in [2.05, 4.69) is 35.2 Å². The fourth-order valence-electron chi connectivity index (χ4n) is 2.14. The van der Waals surface area contributed by atoms with Crippen molar-refractivity contribution in [3.8, 4) is 0 Å². The van der Waals surface area contributed by atoms with Gasteiger partial charge in [-0.3, -0.25) is 4.79 Å². The first kappa shape index (κ1) is 12.2. The summed E-state index contributed by atoms with van der Waals surface area (Å²) >= 11 is 0. The Morgan fingerprint density at radius 2 is 2.26 bits per heavy atom. The van der Waals surface area contributed by atoms with Gasteiger partial charge in [-0.1, -0.05) is 19.9 Å². The first-order chi connectivity index (χ1) is 9.13. The zero-order valence-electron chi connectivity index (χ0n) is 11.4. The number of H-pyrrole nitrogens is 1. The molecule has 1 heterocycles. The number of nitrogens with one attached hydrogen (secondary N) is 2. The number of carbonyl (C=O) groups excluding carboxylic acids is 1. The van der Waals surface area contributed by atoms with Gasteiger partial charge in [0.25, 0.3) is 0 Å². The molecule has 0 radical (unpaired) electrons. The molecule has 1 aromatic heterocycles. The van der Waals surface area contributed by atoms with Crippen LogP contribution >= 0.6 is 0 Å². The van der Waals surface area contributed by atoms with Gasteiger partial charge in [-0.2, -0.15) is 0 Å². The highest BCUT2D eigenvalue weighted by atomic mass is 16.2. The highest BCUT2D eigenvalue weighted by Gasteiger charge is 2.29. The molecule has 1 aliphatic rings. The number of imidazole rings is 1. The summed E-state index contributed by atoms with van der Waals surface area (Å²) in [5, 5.41) is 2.98. The van der Waals surface area contributed by atoms with Gasteiger partial charge in [-0.15, -0.1) is 0 Å². The Bertz CT molecular complexity index is 611. The van der Waals surface area contributed by atoms with Crippen LogP contribution in [0.15, 0.2) is 18.2 Å². The number of hydrogen-bond donors (Lipinski definition) is 2. The van der Waals surface area contributed by atoms with E-state index in [9.17, 15) is 4.79 Å². The average molecular weight is 257 g/mol. The van der Waals surface area contributed by atoms with Crippen LogP contribution in [0.4, 0.5) is 0 Å². The molecule has 19 heavy (non-hydrogen) atoms. The third-order valence-electron chi connectivity index (χ3n) is 3.53. The minimum atomic E-state index is 0.188. The molecule has 2 aromatic rings. The number of aromatic nitrogens is 2. The number of aromatic amines is 1. The molecule has 4 heteroatoms. The van der Waals surface area contributed by atoms with Crippen molar-refractivity contribution >= 4 is 16.9 Å². The fourth-order valence-corrected chi connectivity index (χ4v) is 2.14. The molecule has 1 saturated carbocycles. The Hall–Kier alpha value is -1.84. The van der Waals surface area contributed by atoms with Crippen LogP contribution in [0, 0.1) is 5.92 Å². The molecule has 3 rings (SSSR count). The predicted molar refractivity (Wildman–Crippen MR) is 74.8 cm³/mol. The van der Waals surface area contributed by atoms with Gasteiger partial charge in [0, 0.05) is 18.4 Å². The number of rotatable bonds is 4. The lowest BCUT2D eigenvalue weighted by Gasteiger charge is -2.04. The molecule has 0 atom stereocenters. The van der Waals surface area contributed by atoms with Gasteiger partial charge in [-0.05, 0) is 30.5 Å². The van der Waals surface area contributed by atoms with Crippen molar-refractivity contribution in [1.82, 2.24) is 15.3 Å². The van der Waals surface area contributed by atoms with Crippen molar-refractivity contribution < 1.29 is 4.79 Å². The van der Waals surface area contributed by atoms with E-state index in [1.54, 1.807) is 0 Å². The maximum atomic E-state index is 11.6. The van der Waals surface area contributed by atoms with E-state index >= 15 is 0 Å². The lowest BCUT2D eigenvalue weighted by atomic mass is 10.2. The van der Waals surface area contributed by atoms with Gasteiger partial charge < -0.3 is 10.3 Å². The maximum Gasteiger partial charge on any atom is 0.223 e. The molecule has 2 N–H and O–H groups in total. The molecule has 0 spiro atoms. The van der Waals surface area contributed by atoms with Crippen LogP contribution in [-0.4, -0.2) is 15.9 Å². The number of hydrogen-bond acceptors (Lipinski definition) is 2. The van der Waals surface area contributed by atoms with Crippen molar-refractivity contribution in [3.05, 3.63) is 29.6 Å². The molecule has 0 aliphatic heterocycles. The van der Waals surface area contributed by atoms with Gasteiger partial charge in [0.1, 0.15) is 5.82 Å². The maximum absolute atomic E-state index is 11.6. The third-order valence-corrected chi connectivity index (χ3v) is 3.53. The van der Waals surface area contributed by atoms with Crippen LogP contribution in [-0.2, 0) is 11.3 Å². The van der Waals surface area contributed by atoms with Crippen molar-refractivity contribution in [2.45, 2.75) is 39.2 Å². The Kier molecular flexibility index (Phi) is 3.01. The van der Waals surface area contributed by atoms with Crippen molar-refractivity contribution in [2.75, 3.05) is 0 Å². The van der Waals surface area contributed by atoms with Crippen LogP contribution in [0.2, 0.25) is 0 Å². The van der Waals surface area contributed by atoms with Gasteiger partial charge >= 0.3 is 0 Å². The standard InChI is InChI=1S/C15H19N3O/c1-9(2)14-17-12-6-3-10(7-13(12)18-14)8-16-15(19)11-4-5-11/h3,6-7,9,11H,4-5,8H2,1-2H3,(H,16,19)(H,17,18). The zero-order chi connectivity index (χ0) is 13.4. The van der Waals surface area contributed by atoms with Crippen molar-refractivity contribution in [2.24, 2.45) is 5.92 Å². The molecule has 4 nitrogen and oxygen atoms in total. The van der Waals surface area contributed by atoms with Crippen LogP contribution in [0.1, 0.15) is 44.0 Å². The Morgan fingerprint density at radius 3 is 2.95 bits per heavy atom. The van der Waals surface area contributed by atoms with Gasteiger partial charge in [0.2, 0.25) is 5.91 Å². The summed E-state index contributed by atoms with van der Waals surface area (Å²) in [6.07, 6.45) is 2.09. The second-order valence-electron chi connectivity index (χ2n) is 5.62. The highest BCUT2D eigenvalue weighted by Crippen LogP contribution is 2.28. The Balaban J connectivity index is 1.74. The first-order valence-electron chi connectivity index (χ1n) is 6.90. The lowest BCUT2D eigenvalue weighted by molar-refractivity contribution is -0.122. The summed E-state index contributed by atoms with van der Waals surface area (Å²) in [7, 11) is 0. The molecule has 100 valence electrons. The zero-order valence-corrected chi connectivity index (χ0v) is 11.4. The lowest BCUT2D eigenvalue weighted by Crippen LogP contribution is -2.24. The number of carbonyl (C=O) groups is 1. The van der Waals surface area contributed by atoms with E-state index in [1.807, 2.05) is 12.1 Å². The van der Waals surface area contributed by atoms with Crippen LogP contribution in [0.5, 0.6) is 0 Å². The van der Waals surface area contributed by atoms with E-state index in [0.717, 1.165) is 35.3 Å². The van der Waals surface area contributed by atoms with E-state index in [4.69, 9.17) is 0 Å². The second kappa shape index (κ2) is 4.68. The molecule has 1 aromatic carbocycles. The topological polar surface area (TPSA) is 57.8 Å². The predicted octanol–water partition coefficient (Wildman–Crippen LogP) is 2.71. The summed E-state index contributed by atoms with van der Waals surface area (Å²) in [4.78, 5) is 19.5. The minimum Gasteiger partial charge on any atom is -0.352 e. The van der Waals surface area contributed by atoms with Crippen molar-refractivity contribution in [1.29, 1.82) is 0 Å². The SMILES string of the molecule is CC(C)c1nc2ccc(CNC(=O)C3CC3)cc2[nH]1. The number of benzene rings is 1. The molecular formula is C15H19N3O. The second-order valence-corrected chi connectivity index (χ2v) is 5.62. The van der Waals surface area contributed by atoms with E-state index in [0.29, 0.717) is 12.5 Å². The fraction of sp³-hybridized carbons (Fsp3) is 0.467. The minimum absolute atomic E-state index is 0.188. The largest absolute Gasteiger partial charge is 0.352 e. The van der Waals surface area contributed by atoms with Crippen molar-refractivity contribution in [3.63, 3.8) is 0 Å².